The number of rotatable bonds is 5. The molecule has 122 valence electrons. The Morgan fingerprint density at radius 1 is 1.27 bits per heavy atom. The monoisotopic (exact) mass is 324 g/mol. The van der Waals surface area contributed by atoms with Crippen molar-refractivity contribution in [1.29, 1.82) is 0 Å². The van der Waals surface area contributed by atoms with Gasteiger partial charge in [0, 0.05) is 25.2 Å². The lowest BCUT2D eigenvalue weighted by atomic mass is 10.1. The van der Waals surface area contributed by atoms with Crippen molar-refractivity contribution in [3.63, 3.8) is 0 Å². The summed E-state index contributed by atoms with van der Waals surface area (Å²) < 4.78 is 33.3. The molecular weight excluding hydrogens is 300 g/mol. The van der Waals surface area contributed by atoms with E-state index < -0.39 is 10.0 Å². The summed E-state index contributed by atoms with van der Waals surface area (Å²) in [4.78, 5) is 2.72. The summed E-state index contributed by atoms with van der Waals surface area (Å²) in [5.41, 5.74) is 0.824. The molecule has 2 aliphatic rings. The average Bonchev–Trinajstić information content (AvgIpc) is 3.25. The molecule has 1 N–H and O–H groups in total. The van der Waals surface area contributed by atoms with Crippen molar-refractivity contribution in [1.82, 2.24) is 9.62 Å². The third-order valence-corrected chi connectivity index (χ3v) is 6.17. The van der Waals surface area contributed by atoms with Gasteiger partial charge in [0.1, 0.15) is 5.75 Å². The van der Waals surface area contributed by atoms with Crippen LogP contribution in [0.1, 0.15) is 25.3 Å². The van der Waals surface area contributed by atoms with Crippen molar-refractivity contribution in [3.8, 4) is 5.75 Å². The van der Waals surface area contributed by atoms with E-state index in [0.29, 0.717) is 22.6 Å². The van der Waals surface area contributed by atoms with Gasteiger partial charge in [-0.3, -0.25) is 4.90 Å². The van der Waals surface area contributed by atoms with E-state index in [4.69, 9.17) is 4.74 Å². The summed E-state index contributed by atoms with van der Waals surface area (Å²) in [6, 6.07) is 5.65. The highest BCUT2D eigenvalue weighted by Crippen LogP contribution is 2.32. The molecule has 2 unspecified atom stereocenters. The lowest BCUT2D eigenvalue weighted by molar-refractivity contribution is 0.315. The van der Waals surface area contributed by atoms with Gasteiger partial charge in [-0.25, -0.2) is 13.1 Å². The van der Waals surface area contributed by atoms with Crippen LogP contribution < -0.4 is 9.46 Å². The van der Waals surface area contributed by atoms with Crippen molar-refractivity contribution in [2.75, 3.05) is 20.2 Å². The number of nitrogens with zero attached hydrogens (tertiary/aromatic N) is 1. The van der Waals surface area contributed by atoms with Crippen LogP contribution >= 0.6 is 0 Å². The molecule has 0 amide bonds. The smallest absolute Gasteiger partial charge is 0.240 e. The van der Waals surface area contributed by atoms with Crippen LogP contribution in [0.25, 0.3) is 0 Å². The quantitative estimate of drug-likeness (QED) is 0.897. The van der Waals surface area contributed by atoms with Crippen LogP contribution in [0.5, 0.6) is 5.75 Å². The van der Waals surface area contributed by atoms with Gasteiger partial charge in [-0.05, 0) is 49.4 Å². The molecule has 1 aromatic carbocycles. The summed E-state index contributed by atoms with van der Waals surface area (Å²) >= 11 is 0. The number of methoxy groups -OCH3 is 1. The maximum Gasteiger partial charge on any atom is 0.240 e. The molecule has 3 rings (SSSR count). The zero-order valence-corrected chi connectivity index (χ0v) is 14.2. The van der Waals surface area contributed by atoms with Gasteiger partial charge in [0.25, 0.3) is 0 Å². The molecule has 0 radical (unpaired) electrons. The van der Waals surface area contributed by atoms with Gasteiger partial charge >= 0.3 is 0 Å². The van der Waals surface area contributed by atoms with Crippen LogP contribution in [-0.4, -0.2) is 45.6 Å². The normalized spacial score (nSPS) is 26.3. The molecule has 5 nitrogen and oxygen atoms in total. The standard InChI is InChI=1S/C16H24N2O3S/c1-11-8-14(6-7-16(11)21-3)22(19,20)17-15-10-18(9-12(15)2)13-4-5-13/h6-8,12-13,15,17H,4-5,9-10H2,1-3H3. The molecule has 1 aliphatic carbocycles. The number of nitrogens with one attached hydrogen (secondary N) is 1. The minimum atomic E-state index is -3.49. The summed E-state index contributed by atoms with van der Waals surface area (Å²) in [7, 11) is -1.90. The Morgan fingerprint density at radius 3 is 2.59 bits per heavy atom. The third kappa shape index (κ3) is 3.14. The second-order valence-corrected chi connectivity index (χ2v) is 8.24. The van der Waals surface area contributed by atoms with Crippen LogP contribution in [0.3, 0.4) is 0 Å². The summed E-state index contributed by atoms with van der Waals surface area (Å²) in [6.07, 6.45) is 2.51. The lowest BCUT2D eigenvalue weighted by Crippen LogP contribution is -2.40. The van der Waals surface area contributed by atoms with Crippen LogP contribution in [-0.2, 0) is 10.0 Å². The molecule has 2 atom stereocenters. The number of benzene rings is 1. The van der Waals surface area contributed by atoms with Crippen molar-refractivity contribution >= 4 is 10.0 Å². The number of aryl methyl sites for hydroxylation is 1. The van der Waals surface area contributed by atoms with Crippen LogP contribution in [0, 0.1) is 12.8 Å². The van der Waals surface area contributed by atoms with E-state index in [9.17, 15) is 8.42 Å². The van der Waals surface area contributed by atoms with Crippen LogP contribution in [0.15, 0.2) is 23.1 Å². The largest absolute Gasteiger partial charge is 0.496 e. The SMILES string of the molecule is COc1ccc(S(=O)(=O)NC2CN(C3CC3)CC2C)cc1C. The molecule has 0 bridgehead atoms. The van der Waals surface area contributed by atoms with Crippen molar-refractivity contribution in [2.45, 2.75) is 43.7 Å². The first-order chi connectivity index (χ1) is 10.4. The lowest BCUT2D eigenvalue weighted by Gasteiger charge is -2.17. The molecule has 1 heterocycles. The second-order valence-electron chi connectivity index (χ2n) is 6.52. The molecule has 1 aromatic rings. The predicted molar refractivity (Wildman–Crippen MR) is 85.6 cm³/mol. The molecule has 1 saturated heterocycles. The molecular formula is C16H24N2O3S. The van der Waals surface area contributed by atoms with Gasteiger partial charge in [-0.2, -0.15) is 0 Å². The minimum absolute atomic E-state index is 0.00647. The Balaban J connectivity index is 1.74. The van der Waals surface area contributed by atoms with E-state index in [2.05, 4.69) is 16.5 Å². The maximum atomic E-state index is 12.6. The Bertz CT molecular complexity index is 655. The first-order valence-corrected chi connectivity index (χ1v) is 9.30. The number of ether oxygens (including phenoxy) is 1. The predicted octanol–water partition coefficient (Wildman–Crippen LogP) is 1.76. The highest BCUT2D eigenvalue weighted by molar-refractivity contribution is 7.89. The first kappa shape index (κ1) is 15.8. The van der Waals surface area contributed by atoms with Gasteiger partial charge in [0.05, 0.1) is 12.0 Å². The molecule has 1 saturated carbocycles. The van der Waals surface area contributed by atoms with Crippen molar-refractivity contribution in [3.05, 3.63) is 23.8 Å². The molecule has 6 heteroatoms. The van der Waals surface area contributed by atoms with E-state index in [-0.39, 0.29) is 6.04 Å². The van der Waals surface area contributed by atoms with Gasteiger partial charge in [0.2, 0.25) is 10.0 Å². The molecule has 0 spiro atoms. The zero-order valence-electron chi connectivity index (χ0n) is 13.4. The van der Waals surface area contributed by atoms with E-state index in [1.165, 1.54) is 12.8 Å². The van der Waals surface area contributed by atoms with E-state index in [1.54, 1.807) is 25.3 Å². The third-order valence-electron chi connectivity index (χ3n) is 4.69. The summed E-state index contributed by atoms with van der Waals surface area (Å²) in [6.45, 7) is 5.78. The van der Waals surface area contributed by atoms with Crippen molar-refractivity contribution in [2.24, 2.45) is 5.92 Å². The highest BCUT2D eigenvalue weighted by atomic mass is 32.2. The van der Waals surface area contributed by atoms with Crippen LogP contribution in [0.2, 0.25) is 0 Å². The number of sulfonamides is 1. The number of hydrogen-bond acceptors (Lipinski definition) is 4. The fourth-order valence-corrected chi connectivity index (χ4v) is 4.60. The van der Waals surface area contributed by atoms with E-state index in [1.807, 2.05) is 6.92 Å². The number of hydrogen-bond donors (Lipinski definition) is 1. The first-order valence-electron chi connectivity index (χ1n) is 7.81. The van der Waals surface area contributed by atoms with E-state index >= 15 is 0 Å². The minimum Gasteiger partial charge on any atom is -0.496 e. The fourth-order valence-electron chi connectivity index (χ4n) is 3.18. The topological polar surface area (TPSA) is 58.6 Å². The molecule has 2 fully saturated rings. The summed E-state index contributed by atoms with van der Waals surface area (Å²) in [5, 5.41) is 0. The Hall–Kier alpha value is -1.11. The van der Waals surface area contributed by atoms with Gasteiger partial charge in [-0.1, -0.05) is 6.92 Å². The number of likely N-dealkylation sites (tertiary alicyclic amines) is 1. The molecule has 0 aromatic heterocycles. The van der Waals surface area contributed by atoms with Gasteiger partial charge < -0.3 is 4.74 Å². The van der Waals surface area contributed by atoms with Gasteiger partial charge in [0.15, 0.2) is 0 Å². The van der Waals surface area contributed by atoms with Crippen molar-refractivity contribution < 1.29 is 13.2 Å². The Kier molecular flexibility index (Phi) is 4.18. The summed E-state index contributed by atoms with van der Waals surface area (Å²) in [5.74, 6) is 1.04. The zero-order chi connectivity index (χ0) is 15.9. The van der Waals surface area contributed by atoms with Gasteiger partial charge in [-0.15, -0.1) is 0 Å². The van der Waals surface area contributed by atoms with E-state index in [0.717, 1.165) is 18.7 Å². The Labute approximate surface area is 132 Å². The van der Waals surface area contributed by atoms with Crippen LogP contribution in [0.4, 0.5) is 0 Å². The average molecular weight is 324 g/mol. The Morgan fingerprint density at radius 2 is 2.00 bits per heavy atom. The maximum absolute atomic E-state index is 12.6. The second kappa shape index (κ2) is 5.83. The molecule has 22 heavy (non-hydrogen) atoms. The highest BCUT2D eigenvalue weighted by Gasteiger charge is 2.39. The molecule has 1 aliphatic heterocycles. The fraction of sp³-hybridized carbons (Fsp3) is 0.625.